The van der Waals surface area contributed by atoms with E-state index in [4.69, 9.17) is 0 Å². The second-order valence-corrected chi connectivity index (χ2v) is 5.41. The molecule has 0 aliphatic carbocycles. The van der Waals surface area contributed by atoms with E-state index in [-0.39, 0.29) is 18.3 Å². The van der Waals surface area contributed by atoms with Crippen LogP contribution in [0.25, 0.3) is 11.0 Å². The Morgan fingerprint density at radius 1 is 1.04 bits per heavy atom. The zero-order valence-corrected chi connectivity index (χ0v) is 12.9. The maximum absolute atomic E-state index is 13.1. The highest BCUT2D eigenvalue weighted by Gasteiger charge is 2.09. The van der Waals surface area contributed by atoms with E-state index >= 15 is 0 Å². The second-order valence-electron chi connectivity index (χ2n) is 5.41. The fourth-order valence-electron chi connectivity index (χ4n) is 2.30. The molecule has 4 nitrogen and oxygen atoms in total. The van der Waals surface area contributed by atoms with Crippen LogP contribution in [-0.4, -0.2) is 15.9 Å². The second kappa shape index (κ2) is 6.12. The van der Waals surface area contributed by atoms with E-state index in [1.165, 1.54) is 12.1 Å². The quantitative estimate of drug-likeness (QED) is 0.807. The Hall–Kier alpha value is -2.82. The molecule has 0 saturated carbocycles. The molecule has 0 fully saturated rings. The largest absolute Gasteiger partial charge is 0.348 e. The summed E-state index contributed by atoms with van der Waals surface area (Å²) in [5, 5.41) is 2.78. The van der Waals surface area contributed by atoms with Crippen molar-refractivity contribution in [3.05, 3.63) is 70.8 Å². The molecule has 1 aromatic heterocycles. The number of hydrogen-bond acceptors (Lipinski definition) is 3. The van der Waals surface area contributed by atoms with Gasteiger partial charge in [-0.25, -0.2) is 14.4 Å². The van der Waals surface area contributed by atoms with Crippen LogP contribution >= 0.6 is 0 Å². The van der Waals surface area contributed by atoms with Crippen LogP contribution in [0, 0.1) is 19.7 Å². The number of hydrogen-bond donors (Lipinski definition) is 1. The first-order valence-corrected chi connectivity index (χ1v) is 7.30. The summed E-state index contributed by atoms with van der Waals surface area (Å²) in [7, 11) is 0. The van der Waals surface area contributed by atoms with Crippen LogP contribution in [-0.2, 0) is 6.54 Å². The number of carbonyl (C=O) groups is 1. The van der Waals surface area contributed by atoms with E-state index in [1.807, 2.05) is 13.8 Å². The van der Waals surface area contributed by atoms with Crippen molar-refractivity contribution in [2.75, 3.05) is 0 Å². The Labute approximate surface area is 133 Å². The number of nitrogens with one attached hydrogen (secondary N) is 1. The summed E-state index contributed by atoms with van der Waals surface area (Å²) >= 11 is 0. The summed E-state index contributed by atoms with van der Waals surface area (Å²) < 4.78 is 13.1. The minimum absolute atomic E-state index is 0.226. The zero-order chi connectivity index (χ0) is 16.4. The third-order valence-corrected chi connectivity index (χ3v) is 3.68. The minimum atomic E-state index is -0.316. The van der Waals surface area contributed by atoms with Gasteiger partial charge in [-0.05, 0) is 49.7 Å². The van der Waals surface area contributed by atoms with Gasteiger partial charge >= 0.3 is 0 Å². The minimum Gasteiger partial charge on any atom is -0.348 e. The van der Waals surface area contributed by atoms with E-state index in [9.17, 15) is 9.18 Å². The predicted octanol–water partition coefficient (Wildman–Crippen LogP) is 3.32. The molecule has 1 amide bonds. The molecule has 1 N–H and O–H groups in total. The van der Waals surface area contributed by atoms with Crippen molar-refractivity contribution in [1.82, 2.24) is 15.3 Å². The van der Waals surface area contributed by atoms with Crippen LogP contribution in [0.4, 0.5) is 4.39 Å². The van der Waals surface area contributed by atoms with Gasteiger partial charge in [-0.3, -0.25) is 4.79 Å². The van der Waals surface area contributed by atoms with Crippen LogP contribution in [0.15, 0.2) is 42.5 Å². The number of rotatable bonds is 3. The average molecular weight is 309 g/mol. The Morgan fingerprint density at radius 3 is 2.52 bits per heavy atom. The van der Waals surface area contributed by atoms with E-state index in [0.29, 0.717) is 16.6 Å². The molecular weight excluding hydrogens is 293 g/mol. The SMILES string of the molecule is Cc1nc2ccc(C(=O)NCc3cccc(F)c3)cc2nc1C. The Bertz CT molecular complexity index is 893. The first-order chi connectivity index (χ1) is 11.0. The van der Waals surface area contributed by atoms with Gasteiger partial charge in [-0.1, -0.05) is 12.1 Å². The smallest absolute Gasteiger partial charge is 0.251 e. The number of halogens is 1. The van der Waals surface area contributed by atoms with Crippen LogP contribution in [0.3, 0.4) is 0 Å². The normalized spacial score (nSPS) is 10.7. The number of fused-ring (bicyclic) bond motifs is 1. The van der Waals surface area contributed by atoms with Gasteiger partial charge in [0, 0.05) is 12.1 Å². The van der Waals surface area contributed by atoms with E-state index in [1.54, 1.807) is 30.3 Å². The Kier molecular flexibility index (Phi) is 4.02. The lowest BCUT2D eigenvalue weighted by atomic mass is 10.1. The van der Waals surface area contributed by atoms with Gasteiger partial charge in [0.2, 0.25) is 0 Å². The van der Waals surface area contributed by atoms with Crippen molar-refractivity contribution in [2.24, 2.45) is 0 Å². The topological polar surface area (TPSA) is 54.9 Å². The molecule has 0 saturated heterocycles. The lowest BCUT2D eigenvalue weighted by Crippen LogP contribution is -2.22. The van der Waals surface area contributed by atoms with Crippen LogP contribution in [0.1, 0.15) is 27.3 Å². The molecule has 5 heteroatoms. The zero-order valence-electron chi connectivity index (χ0n) is 12.9. The monoisotopic (exact) mass is 309 g/mol. The molecule has 0 spiro atoms. The highest BCUT2D eigenvalue weighted by molar-refractivity contribution is 5.97. The number of aromatic nitrogens is 2. The van der Waals surface area contributed by atoms with Crippen molar-refractivity contribution in [3.63, 3.8) is 0 Å². The molecule has 0 atom stereocenters. The van der Waals surface area contributed by atoms with E-state index < -0.39 is 0 Å². The molecule has 1 heterocycles. The van der Waals surface area contributed by atoms with Crippen molar-refractivity contribution >= 4 is 16.9 Å². The van der Waals surface area contributed by atoms with Gasteiger partial charge in [0.1, 0.15) is 5.82 Å². The van der Waals surface area contributed by atoms with Gasteiger partial charge in [-0.15, -0.1) is 0 Å². The maximum Gasteiger partial charge on any atom is 0.251 e. The predicted molar refractivity (Wildman–Crippen MR) is 86.6 cm³/mol. The first kappa shape index (κ1) is 15.1. The summed E-state index contributed by atoms with van der Waals surface area (Å²) in [5.74, 6) is -0.542. The molecule has 116 valence electrons. The summed E-state index contributed by atoms with van der Waals surface area (Å²) in [4.78, 5) is 21.1. The van der Waals surface area contributed by atoms with E-state index in [0.717, 1.165) is 16.9 Å². The third kappa shape index (κ3) is 3.34. The molecule has 0 aliphatic rings. The van der Waals surface area contributed by atoms with Gasteiger partial charge in [0.25, 0.3) is 5.91 Å². The number of carbonyl (C=O) groups excluding carboxylic acids is 1. The highest BCUT2D eigenvalue weighted by atomic mass is 19.1. The molecule has 3 aromatic rings. The fourth-order valence-corrected chi connectivity index (χ4v) is 2.30. The fraction of sp³-hybridized carbons (Fsp3) is 0.167. The van der Waals surface area contributed by atoms with Gasteiger partial charge in [0.15, 0.2) is 0 Å². The lowest BCUT2D eigenvalue weighted by Gasteiger charge is -2.07. The molecular formula is C18H16FN3O. The van der Waals surface area contributed by atoms with Crippen LogP contribution in [0.2, 0.25) is 0 Å². The number of benzene rings is 2. The molecule has 0 unspecified atom stereocenters. The van der Waals surface area contributed by atoms with Gasteiger partial charge in [0.05, 0.1) is 22.4 Å². The molecule has 2 aromatic carbocycles. The van der Waals surface area contributed by atoms with Crippen LogP contribution < -0.4 is 5.32 Å². The summed E-state index contributed by atoms with van der Waals surface area (Å²) in [5.41, 5.74) is 4.38. The number of amides is 1. The van der Waals surface area contributed by atoms with Gasteiger partial charge in [-0.2, -0.15) is 0 Å². The number of nitrogens with zero attached hydrogens (tertiary/aromatic N) is 2. The summed E-state index contributed by atoms with van der Waals surface area (Å²) in [6, 6.07) is 11.4. The first-order valence-electron chi connectivity index (χ1n) is 7.30. The lowest BCUT2D eigenvalue weighted by molar-refractivity contribution is 0.0951. The molecule has 0 radical (unpaired) electrons. The summed E-state index contributed by atoms with van der Waals surface area (Å²) in [6.45, 7) is 4.06. The Morgan fingerprint density at radius 2 is 1.78 bits per heavy atom. The van der Waals surface area contributed by atoms with Crippen molar-refractivity contribution in [1.29, 1.82) is 0 Å². The van der Waals surface area contributed by atoms with Crippen molar-refractivity contribution in [3.8, 4) is 0 Å². The van der Waals surface area contributed by atoms with Crippen molar-refractivity contribution < 1.29 is 9.18 Å². The number of aryl methyl sites for hydroxylation is 2. The van der Waals surface area contributed by atoms with Crippen molar-refractivity contribution in [2.45, 2.75) is 20.4 Å². The average Bonchev–Trinajstić information content (AvgIpc) is 2.53. The molecule has 0 aliphatic heterocycles. The van der Waals surface area contributed by atoms with Gasteiger partial charge < -0.3 is 5.32 Å². The standard InChI is InChI=1S/C18H16FN3O/c1-11-12(2)22-17-9-14(6-7-16(17)21-11)18(23)20-10-13-4-3-5-15(19)8-13/h3-9H,10H2,1-2H3,(H,20,23). The molecule has 0 bridgehead atoms. The molecule has 3 rings (SSSR count). The summed E-state index contributed by atoms with van der Waals surface area (Å²) in [6.07, 6.45) is 0. The van der Waals surface area contributed by atoms with E-state index in [2.05, 4.69) is 15.3 Å². The third-order valence-electron chi connectivity index (χ3n) is 3.68. The maximum atomic E-state index is 13.1. The van der Waals surface area contributed by atoms with Crippen LogP contribution in [0.5, 0.6) is 0 Å². The molecule has 23 heavy (non-hydrogen) atoms. The Balaban J connectivity index is 1.79. The highest BCUT2D eigenvalue weighted by Crippen LogP contribution is 2.14.